The Morgan fingerprint density at radius 2 is 2.25 bits per heavy atom. The van der Waals surface area contributed by atoms with Crippen molar-refractivity contribution in [2.45, 2.75) is 33.7 Å². The van der Waals surface area contributed by atoms with Gasteiger partial charge in [-0.2, -0.15) is 0 Å². The van der Waals surface area contributed by atoms with Gasteiger partial charge >= 0.3 is 0 Å². The third-order valence-corrected chi connectivity index (χ3v) is 1.82. The van der Waals surface area contributed by atoms with E-state index in [1.807, 2.05) is 6.92 Å². The lowest BCUT2D eigenvalue weighted by atomic mass is 10.3. The van der Waals surface area contributed by atoms with Crippen molar-refractivity contribution < 1.29 is 4.42 Å². The largest absolute Gasteiger partial charge is 0.429 e. The molecule has 0 aliphatic rings. The summed E-state index contributed by atoms with van der Waals surface area (Å²) in [5.74, 6) is 0.865. The zero-order valence-corrected chi connectivity index (χ0v) is 8.16. The molecule has 0 saturated carbocycles. The monoisotopic (exact) mass is 168 g/mol. The summed E-state index contributed by atoms with van der Waals surface area (Å²) < 4.78 is 5.41. The molecular weight excluding hydrogens is 152 g/mol. The third-order valence-electron chi connectivity index (χ3n) is 1.82. The van der Waals surface area contributed by atoms with Crippen LogP contribution in [-0.2, 0) is 0 Å². The minimum absolute atomic E-state index is 0.438. The summed E-state index contributed by atoms with van der Waals surface area (Å²) in [4.78, 5) is 6.29. The quantitative estimate of drug-likeness (QED) is 0.693. The van der Waals surface area contributed by atoms with E-state index >= 15 is 0 Å². The molecule has 0 saturated heterocycles. The Kier molecular flexibility index (Phi) is 2.74. The Morgan fingerprint density at radius 1 is 1.58 bits per heavy atom. The fourth-order valence-corrected chi connectivity index (χ4v) is 1.20. The molecule has 1 aromatic heterocycles. The maximum absolute atomic E-state index is 5.41. The summed E-state index contributed by atoms with van der Waals surface area (Å²) in [6.45, 7) is 9.19. The molecule has 3 nitrogen and oxygen atoms in total. The lowest BCUT2D eigenvalue weighted by Crippen LogP contribution is -2.30. The molecule has 0 spiro atoms. The number of anilines is 1. The van der Waals surface area contributed by atoms with Crippen molar-refractivity contribution in [1.29, 1.82) is 0 Å². The first kappa shape index (κ1) is 9.10. The van der Waals surface area contributed by atoms with E-state index in [-0.39, 0.29) is 0 Å². The van der Waals surface area contributed by atoms with Crippen LogP contribution in [0.15, 0.2) is 10.6 Å². The molecule has 0 fully saturated rings. The predicted molar refractivity (Wildman–Crippen MR) is 49.4 cm³/mol. The van der Waals surface area contributed by atoms with Gasteiger partial charge in [0, 0.05) is 12.6 Å². The molecule has 0 unspecified atom stereocenters. The van der Waals surface area contributed by atoms with Crippen LogP contribution in [0.25, 0.3) is 0 Å². The van der Waals surface area contributed by atoms with Crippen LogP contribution in [0.1, 0.15) is 26.5 Å². The van der Waals surface area contributed by atoms with Gasteiger partial charge in [0.25, 0.3) is 6.01 Å². The van der Waals surface area contributed by atoms with Gasteiger partial charge in [-0.05, 0) is 27.7 Å². The second-order valence-electron chi connectivity index (χ2n) is 3.13. The van der Waals surface area contributed by atoms with Crippen molar-refractivity contribution in [3.63, 3.8) is 0 Å². The number of hydrogen-bond donors (Lipinski definition) is 0. The highest BCUT2D eigenvalue weighted by Crippen LogP contribution is 2.15. The third kappa shape index (κ3) is 1.78. The van der Waals surface area contributed by atoms with Crippen molar-refractivity contribution in [3.8, 4) is 0 Å². The molecule has 0 bridgehead atoms. The van der Waals surface area contributed by atoms with E-state index < -0.39 is 0 Å². The normalized spacial score (nSPS) is 10.8. The summed E-state index contributed by atoms with van der Waals surface area (Å²) in [5, 5.41) is 0. The Labute approximate surface area is 73.4 Å². The van der Waals surface area contributed by atoms with E-state index in [1.165, 1.54) is 0 Å². The van der Waals surface area contributed by atoms with Gasteiger partial charge in [-0.1, -0.05) is 0 Å². The van der Waals surface area contributed by atoms with Crippen LogP contribution in [0.5, 0.6) is 0 Å². The van der Waals surface area contributed by atoms with Gasteiger partial charge in [0.1, 0.15) is 5.76 Å². The van der Waals surface area contributed by atoms with Gasteiger partial charge in [0.15, 0.2) is 0 Å². The number of rotatable bonds is 3. The van der Waals surface area contributed by atoms with E-state index in [0.717, 1.165) is 18.3 Å². The predicted octanol–water partition coefficient (Wildman–Crippen LogP) is 2.22. The molecule has 3 heteroatoms. The molecular formula is C9H16N2O. The summed E-state index contributed by atoms with van der Waals surface area (Å²) >= 11 is 0. The first-order valence-corrected chi connectivity index (χ1v) is 4.34. The molecule has 1 rings (SSSR count). The summed E-state index contributed by atoms with van der Waals surface area (Å²) in [6, 6.07) is 1.16. The Hall–Kier alpha value is -0.990. The van der Waals surface area contributed by atoms with Gasteiger partial charge in [-0.3, -0.25) is 0 Å². The highest BCUT2D eigenvalue weighted by atomic mass is 16.4. The summed E-state index contributed by atoms with van der Waals surface area (Å²) in [5.41, 5.74) is 0. The molecule has 0 radical (unpaired) electrons. The van der Waals surface area contributed by atoms with Crippen LogP contribution < -0.4 is 4.90 Å². The SMILES string of the molecule is CCN(c1ncc(C)o1)C(C)C. The van der Waals surface area contributed by atoms with Crippen molar-refractivity contribution >= 4 is 6.01 Å². The topological polar surface area (TPSA) is 29.3 Å². The van der Waals surface area contributed by atoms with Crippen molar-refractivity contribution in [3.05, 3.63) is 12.0 Å². The average Bonchev–Trinajstić information content (AvgIpc) is 2.37. The Balaban J connectivity index is 2.80. The van der Waals surface area contributed by atoms with Crippen LogP contribution in [0, 0.1) is 6.92 Å². The van der Waals surface area contributed by atoms with Gasteiger partial charge in [-0.25, -0.2) is 4.98 Å². The fraction of sp³-hybridized carbons (Fsp3) is 0.667. The molecule has 68 valence electrons. The zero-order valence-electron chi connectivity index (χ0n) is 8.16. The molecule has 1 heterocycles. The van der Waals surface area contributed by atoms with E-state index in [0.29, 0.717) is 6.04 Å². The number of nitrogens with zero attached hydrogens (tertiary/aromatic N) is 2. The first-order valence-electron chi connectivity index (χ1n) is 4.34. The van der Waals surface area contributed by atoms with Crippen molar-refractivity contribution in [1.82, 2.24) is 4.98 Å². The second-order valence-corrected chi connectivity index (χ2v) is 3.13. The molecule has 0 atom stereocenters. The molecule has 12 heavy (non-hydrogen) atoms. The summed E-state index contributed by atoms with van der Waals surface area (Å²) in [7, 11) is 0. The molecule has 0 aliphatic carbocycles. The minimum Gasteiger partial charge on any atom is -0.429 e. The minimum atomic E-state index is 0.438. The van der Waals surface area contributed by atoms with Crippen LogP contribution >= 0.6 is 0 Å². The number of aromatic nitrogens is 1. The van der Waals surface area contributed by atoms with Crippen LogP contribution in [0.2, 0.25) is 0 Å². The fourth-order valence-electron chi connectivity index (χ4n) is 1.20. The standard InChI is InChI=1S/C9H16N2O/c1-5-11(7(2)3)9-10-6-8(4)12-9/h6-7H,5H2,1-4H3. The lowest BCUT2D eigenvalue weighted by molar-refractivity contribution is 0.496. The molecule has 0 N–H and O–H groups in total. The van der Waals surface area contributed by atoms with Gasteiger partial charge in [-0.15, -0.1) is 0 Å². The number of hydrogen-bond acceptors (Lipinski definition) is 3. The Morgan fingerprint density at radius 3 is 2.58 bits per heavy atom. The Bertz CT molecular complexity index is 242. The van der Waals surface area contributed by atoms with Gasteiger partial charge in [0.05, 0.1) is 6.20 Å². The van der Waals surface area contributed by atoms with Crippen LogP contribution in [0.4, 0.5) is 6.01 Å². The maximum atomic E-state index is 5.41. The second kappa shape index (κ2) is 3.61. The molecule has 1 aromatic rings. The highest BCUT2D eigenvalue weighted by Gasteiger charge is 2.12. The van der Waals surface area contributed by atoms with Gasteiger partial charge < -0.3 is 9.32 Å². The number of oxazole rings is 1. The van der Waals surface area contributed by atoms with E-state index in [2.05, 4.69) is 30.7 Å². The number of aryl methyl sites for hydroxylation is 1. The van der Waals surface area contributed by atoms with Gasteiger partial charge in [0.2, 0.25) is 0 Å². The average molecular weight is 168 g/mol. The van der Waals surface area contributed by atoms with Crippen LogP contribution in [-0.4, -0.2) is 17.6 Å². The van der Waals surface area contributed by atoms with E-state index in [4.69, 9.17) is 4.42 Å². The smallest absolute Gasteiger partial charge is 0.297 e. The van der Waals surface area contributed by atoms with E-state index in [1.54, 1.807) is 6.20 Å². The lowest BCUT2D eigenvalue weighted by Gasteiger charge is -2.22. The molecule has 0 amide bonds. The first-order chi connectivity index (χ1) is 5.65. The molecule has 0 aromatic carbocycles. The summed E-state index contributed by atoms with van der Waals surface area (Å²) in [6.07, 6.45) is 1.75. The molecule has 0 aliphatic heterocycles. The highest BCUT2D eigenvalue weighted by molar-refractivity contribution is 5.26. The zero-order chi connectivity index (χ0) is 9.14. The van der Waals surface area contributed by atoms with Crippen LogP contribution in [0.3, 0.4) is 0 Å². The van der Waals surface area contributed by atoms with Crippen molar-refractivity contribution in [2.24, 2.45) is 0 Å². The van der Waals surface area contributed by atoms with Crippen molar-refractivity contribution in [2.75, 3.05) is 11.4 Å². The van der Waals surface area contributed by atoms with E-state index in [9.17, 15) is 0 Å². The maximum Gasteiger partial charge on any atom is 0.297 e.